The maximum absolute atomic E-state index is 12.1. The predicted molar refractivity (Wildman–Crippen MR) is 50.5 cm³/mol. The van der Waals surface area contributed by atoms with E-state index < -0.39 is 38.7 Å². The molecule has 102 valence electrons. The number of nitrogens with zero attached hydrogens (tertiary/aromatic N) is 1. The lowest BCUT2D eigenvalue weighted by Crippen LogP contribution is -2.21. The van der Waals surface area contributed by atoms with Crippen molar-refractivity contribution in [1.82, 2.24) is 4.98 Å². The van der Waals surface area contributed by atoms with Gasteiger partial charge in [0.2, 0.25) is 15.8 Å². The zero-order chi connectivity index (χ0) is 14.1. The number of primary sulfonamides is 1. The Morgan fingerprint density at radius 3 is 2.39 bits per heavy atom. The molecular weight excluding hydrogens is 281 g/mol. The lowest BCUT2D eigenvalue weighted by Gasteiger charge is -2.14. The van der Waals surface area contributed by atoms with Gasteiger partial charge in [-0.1, -0.05) is 0 Å². The van der Waals surface area contributed by atoms with E-state index in [1.165, 1.54) is 0 Å². The number of nitrogens with two attached hydrogens (primary N) is 1. The van der Waals surface area contributed by atoms with E-state index in [2.05, 4.69) is 19.6 Å². The number of rotatable bonds is 3. The Balaban J connectivity index is 3.51. The Morgan fingerprint density at radius 1 is 1.44 bits per heavy atom. The van der Waals surface area contributed by atoms with E-state index in [0.717, 1.165) is 7.11 Å². The number of halogens is 3. The fraction of sp³-hybridized carbons (Fsp3) is 0.286. The molecule has 7 nitrogen and oxygen atoms in total. The lowest BCUT2D eigenvalue weighted by atomic mass is 10.4. The second-order valence-electron chi connectivity index (χ2n) is 2.90. The average molecular weight is 288 g/mol. The van der Waals surface area contributed by atoms with Gasteiger partial charge in [0.05, 0.1) is 13.3 Å². The highest BCUT2D eigenvalue weighted by atomic mass is 32.2. The summed E-state index contributed by atoms with van der Waals surface area (Å²) in [5, 5.41) is 14.0. The monoisotopic (exact) mass is 288 g/mol. The van der Waals surface area contributed by atoms with Gasteiger partial charge in [-0.25, -0.2) is 18.5 Å². The van der Waals surface area contributed by atoms with E-state index >= 15 is 0 Å². The van der Waals surface area contributed by atoms with Crippen LogP contribution in [-0.2, 0) is 10.0 Å². The summed E-state index contributed by atoms with van der Waals surface area (Å²) in [6.45, 7) is 0. The van der Waals surface area contributed by atoms with Crippen LogP contribution < -0.4 is 14.6 Å². The summed E-state index contributed by atoms with van der Waals surface area (Å²) in [6.07, 6.45) is -4.74. The van der Waals surface area contributed by atoms with E-state index in [1.54, 1.807) is 0 Å². The van der Waals surface area contributed by atoms with Crippen molar-refractivity contribution >= 4 is 10.0 Å². The molecule has 0 spiro atoms. The zero-order valence-corrected chi connectivity index (χ0v) is 9.54. The number of methoxy groups -OCH3 is 1. The first-order valence-corrected chi connectivity index (χ1v) is 5.65. The van der Waals surface area contributed by atoms with Crippen molar-refractivity contribution in [3.05, 3.63) is 6.20 Å². The van der Waals surface area contributed by atoms with Gasteiger partial charge in [0.15, 0.2) is 5.75 Å². The molecule has 0 unspecified atom stereocenters. The second-order valence-corrected chi connectivity index (χ2v) is 4.43. The molecule has 0 aliphatic rings. The molecule has 0 aliphatic carbocycles. The van der Waals surface area contributed by atoms with Crippen LogP contribution in [0.3, 0.4) is 0 Å². The number of hydrogen-bond donors (Lipinski definition) is 2. The van der Waals surface area contributed by atoms with E-state index in [4.69, 9.17) is 0 Å². The van der Waals surface area contributed by atoms with Crippen molar-refractivity contribution in [3.8, 4) is 17.4 Å². The molecule has 1 aromatic heterocycles. The van der Waals surface area contributed by atoms with Crippen LogP contribution in [0.25, 0.3) is 0 Å². The van der Waals surface area contributed by atoms with Gasteiger partial charge in [0.25, 0.3) is 5.88 Å². The normalized spacial score (nSPS) is 12.3. The minimum absolute atomic E-state index is 0.481. The molecule has 3 N–H and O–H groups in total. The number of ether oxygens (including phenoxy) is 2. The number of alkyl halides is 3. The highest BCUT2D eigenvalue weighted by Gasteiger charge is 2.36. The quantitative estimate of drug-likeness (QED) is 0.829. The largest absolute Gasteiger partial charge is 0.573 e. The van der Waals surface area contributed by atoms with Crippen LogP contribution in [0.2, 0.25) is 0 Å². The number of sulfonamides is 1. The standard InChI is InChI=1S/C7H7F3N2O5S/c1-16-6-4(13)5(17-7(8,9)10)3(2-12-6)18(11,14)15/h2,13H,1H3,(H2,11,14,15). The zero-order valence-electron chi connectivity index (χ0n) is 8.72. The molecular formula is C7H7F3N2O5S. The maximum atomic E-state index is 12.1. The van der Waals surface area contributed by atoms with Crippen molar-refractivity contribution in [2.75, 3.05) is 7.11 Å². The third kappa shape index (κ3) is 3.13. The molecule has 0 radical (unpaired) electrons. The molecule has 1 aromatic rings. The first kappa shape index (κ1) is 14.3. The summed E-state index contributed by atoms with van der Waals surface area (Å²) < 4.78 is 66.2. The summed E-state index contributed by atoms with van der Waals surface area (Å²) >= 11 is 0. The molecule has 0 fully saturated rings. The topological polar surface area (TPSA) is 112 Å². The van der Waals surface area contributed by atoms with E-state index in [9.17, 15) is 26.7 Å². The van der Waals surface area contributed by atoms with Gasteiger partial charge in [-0.2, -0.15) is 0 Å². The maximum Gasteiger partial charge on any atom is 0.573 e. The number of pyridine rings is 1. The number of aromatic hydroxyl groups is 1. The summed E-state index contributed by atoms with van der Waals surface area (Å²) in [4.78, 5) is 2.16. The molecule has 1 heterocycles. The SMILES string of the molecule is COc1ncc(S(N)(=O)=O)c(OC(F)(F)F)c1O. The van der Waals surface area contributed by atoms with Gasteiger partial charge in [-0.15, -0.1) is 13.2 Å². The third-order valence-electron chi connectivity index (χ3n) is 1.66. The van der Waals surface area contributed by atoms with Crippen LogP contribution >= 0.6 is 0 Å². The molecule has 0 aliphatic heterocycles. The Hall–Kier alpha value is -1.75. The molecule has 1 rings (SSSR count). The molecule has 0 amide bonds. The molecule has 0 aromatic carbocycles. The molecule has 0 atom stereocenters. The summed E-state index contributed by atoms with van der Waals surface area (Å²) in [7, 11) is -3.55. The molecule has 0 bridgehead atoms. The van der Waals surface area contributed by atoms with Gasteiger partial charge < -0.3 is 14.6 Å². The Labute approximate surface area is 99.0 Å². The van der Waals surface area contributed by atoms with Crippen molar-refractivity contribution < 1.29 is 36.2 Å². The van der Waals surface area contributed by atoms with Crippen LogP contribution in [0, 0.1) is 0 Å². The summed E-state index contributed by atoms with van der Waals surface area (Å²) in [5.41, 5.74) is 0. The fourth-order valence-corrected chi connectivity index (χ4v) is 1.61. The predicted octanol–water partition coefficient (Wildman–Crippen LogP) is 0.342. The van der Waals surface area contributed by atoms with Crippen LogP contribution in [0.5, 0.6) is 17.4 Å². The van der Waals surface area contributed by atoms with Crippen LogP contribution in [-0.4, -0.2) is 32.0 Å². The number of hydrogen-bond acceptors (Lipinski definition) is 6. The lowest BCUT2D eigenvalue weighted by molar-refractivity contribution is -0.276. The Morgan fingerprint density at radius 2 is 2.00 bits per heavy atom. The fourth-order valence-electron chi connectivity index (χ4n) is 1.02. The van der Waals surface area contributed by atoms with Crippen molar-refractivity contribution in [2.45, 2.75) is 11.3 Å². The highest BCUT2D eigenvalue weighted by molar-refractivity contribution is 7.89. The van der Waals surface area contributed by atoms with Gasteiger partial charge in [-0.3, -0.25) is 0 Å². The van der Waals surface area contributed by atoms with Gasteiger partial charge in [0, 0.05) is 0 Å². The van der Waals surface area contributed by atoms with Crippen molar-refractivity contribution in [1.29, 1.82) is 0 Å². The van der Waals surface area contributed by atoms with E-state index in [-0.39, 0.29) is 0 Å². The van der Waals surface area contributed by atoms with Gasteiger partial charge in [0.1, 0.15) is 4.90 Å². The first-order chi connectivity index (χ1) is 8.06. The van der Waals surface area contributed by atoms with Gasteiger partial charge >= 0.3 is 6.36 Å². The van der Waals surface area contributed by atoms with Crippen LogP contribution in [0.1, 0.15) is 0 Å². The Kier molecular flexibility index (Phi) is 3.57. The molecule has 0 saturated heterocycles. The number of aromatic nitrogens is 1. The van der Waals surface area contributed by atoms with E-state index in [1.807, 2.05) is 0 Å². The highest BCUT2D eigenvalue weighted by Crippen LogP contribution is 2.41. The molecule has 11 heteroatoms. The first-order valence-electron chi connectivity index (χ1n) is 4.10. The molecule has 18 heavy (non-hydrogen) atoms. The Bertz CT molecular complexity index is 557. The third-order valence-corrected chi connectivity index (χ3v) is 2.56. The van der Waals surface area contributed by atoms with Crippen molar-refractivity contribution in [3.63, 3.8) is 0 Å². The average Bonchev–Trinajstić information content (AvgIpc) is 2.17. The van der Waals surface area contributed by atoms with Crippen molar-refractivity contribution in [2.24, 2.45) is 5.14 Å². The second kappa shape index (κ2) is 4.49. The minimum atomic E-state index is -5.22. The van der Waals surface area contributed by atoms with E-state index in [0.29, 0.717) is 6.20 Å². The smallest absolute Gasteiger partial charge is 0.500 e. The summed E-state index contributed by atoms with van der Waals surface area (Å²) in [6, 6.07) is 0. The van der Waals surface area contributed by atoms with Crippen LogP contribution in [0.15, 0.2) is 11.1 Å². The summed E-state index contributed by atoms with van der Waals surface area (Å²) in [5.74, 6) is -3.25. The minimum Gasteiger partial charge on any atom is -0.500 e. The van der Waals surface area contributed by atoms with Gasteiger partial charge in [-0.05, 0) is 0 Å². The van der Waals surface area contributed by atoms with Crippen LogP contribution in [0.4, 0.5) is 13.2 Å². The molecule has 0 saturated carbocycles.